The van der Waals surface area contributed by atoms with E-state index in [0.717, 1.165) is 47.3 Å². The van der Waals surface area contributed by atoms with E-state index in [1.807, 2.05) is 0 Å². The lowest BCUT2D eigenvalue weighted by atomic mass is 9.33. The second kappa shape index (κ2) is 9.22. The first-order valence-electron chi connectivity index (χ1n) is 19.0. The van der Waals surface area contributed by atoms with E-state index in [2.05, 4.69) is 127 Å². The molecule has 11 rings (SSSR count). The average Bonchev–Trinajstić information content (AvgIpc) is 3.49. The highest BCUT2D eigenvalue weighted by molar-refractivity contribution is 7.00. The Hall–Kier alpha value is -4.24. The van der Waals surface area contributed by atoms with Gasteiger partial charge in [-0.1, -0.05) is 124 Å². The standard InChI is InChI=1S/C44H41BN2/c1-43-26-11-12-27-44(43,2)47-37-21-13-20-36-40(37)45(34-25-23-31(39(43)42(34)47)29-16-7-4-8-17-29)33-24-22-30(28-14-5-3-6-15-28)38-32-18-9-10-19-35(32)46(36)41(33)38/h3-8,13-17,20-25,32,35H,9-12,18-19,26-27H2,1-2H3/i32D,35D. The van der Waals surface area contributed by atoms with Crippen LogP contribution in [0.2, 0.25) is 0 Å². The summed E-state index contributed by atoms with van der Waals surface area (Å²) in [6.45, 7) is 5.16. The van der Waals surface area contributed by atoms with Crippen LogP contribution in [0.25, 0.3) is 22.3 Å². The van der Waals surface area contributed by atoms with E-state index in [0.29, 0.717) is 12.8 Å². The fraction of sp³-hybridized carbons (Fsp3) is 0.318. The molecule has 2 saturated carbocycles. The van der Waals surface area contributed by atoms with E-state index in [9.17, 15) is 2.74 Å². The van der Waals surface area contributed by atoms with Crippen molar-refractivity contribution in [3.63, 3.8) is 0 Å². The Morgan fingerprint density at radius 2 is 1.32 bits per heavy atom. The maximum Gasteiger partial charge on any atom is 0.252 e. The third-order valence-corrected chi connectivity index (χ3v) is 13.3. The normalized spacial score (nSPS) is 30.9. The lowest BCUT2D eigenvalue weighted by molar-refractivity contribution is 0.195. The molecule has 0 saturated heterocycles. The fourth-order valence-corrected chi connectivity index (χ4v) is 11.1. The van der Waals surface area contributed by atoms with E-state index in [-0.39, 0.29) is 17.7 Å². The number of anilines is 4. The highest BCUT2D eigenvalue weighted by atomic mass is 15.3. The van der Waals surface area contributed by atoms with Crippen molar-refractivity contribution in [2.24, 2.45) is 0 Å². The molecule has 0 radical (unpaired) electrons. The van der Waals surface area contributed by atoms with Gasteiger partial charge >= 0.3 is 0 Å². The summed E-state index contributed by atoms with van der Waals surface area (Å²) in [5, 5.41) is 0. The molecule has 4 unspecified atom stereocenters. The SMILES string of the molecule is [2H]C12CCCCC1([2H])N1c3cccc4c3B(c3ccc(-c5ccccc5)c2c31)c1ccc(-c2ccccc2)c2c1N4C1(C)CCCCC21C. The van der Waals surface area contributed by atoms with Crippen molar-refractivity contribution in [2.45, 2.75) is 88.1 Å². The molecule has 6 aliphatic rings. The van der Waals surface area contributed by atoms with Crippen LogP contribution in [0.1, 0.15) is 85.0 Å². The molecule has 4 heterocycles. The van der Waals surface area contributed by atoms with Gasteiger partial charge in [0.05, 0.1) is 6.91 Å². The average molecular weight is 611 g/mol. The molecule has 2 nitrogen and oxygen atoms in total. The summed E-state index contributed by atoms with van der Waals surface area (Å²) in [5.41, 5.74) is 16.5. The van der Waals surface area contributed by atoms with Gasteiger partial charge in [-0.2, -0.15) is 0 Å². The van der Waals surface area contributed by atoms with E-state index >= 15 is 0 Å². The van der Waals surface area contributed by atoms with Gasteiger partial charge in [0.2, 0.25) is 0 Å². The van der Waals surface area contributed by atoms with Crippen molar-refractivity contribution in [1.29, 1.82) is 0 Å². The molecule has 5 aromatic rings. The molecule has 0 spiro atoms. The molecule has 0 bridgehead atoms. The van der Waals surface area contributed by atoms with Gasteiger partial charge in [-0.25, -0.2) is 0 Å². The number of rotatable bonds is 2. The van der Waals surface area contributed by atoms with Gasteiger partial charge in [0, 0.05) is 41.4 Å². The third-order valence-electron chi connectivity index (χ3n) is 13.3. The molecule has 3 heteroatoms. The van der Waals surface area contributed by atoms with E-state index in [1.165, 1.54) is 63.7 Å². The summed E-state index contributed by atoms with van der Waals surface area (Å²) >= 11 is 0. The molecule has 4 aliphatic heterocycles. The molecule has 4 atom stereocenters. The number of fused-ring (bicyclic) bond motifs is 10. The Kier molecular flexibility index (Phi) is 4.88. The number of hydrogen-bond acceptors (Lipinski definition) is 2. The predicted octanol–water partition coefficient (Wildman–Crippen LogP) is 9.08. The predicted molar refractivity (Wildman–Crippen MR) is 198 cm³/mol. The molecule has 0 N–H and O–H groups in total. The van der Waals surface area contributed by atoms with E-state index in [4.69, 9.17) is 0 Å². The van der Waals surface area contributed by atoms with Crippen LogP contribution >= 0.6 is 0 Å². The van der Waals surface area contributed by atoms with Crippen LogP contribution in [0.3, 0.4) is 0 Å². The zero-order valence-corrected chi connectivity index (χ0v) is 27.4. The molecule has 5 aromatic carbocycles. The molecule has 0 amide bonds. The van der Waals surface area contributed by atoms with Crippen molar-refractivity contribution in [3.05, 3.63) is 114 Å². The summed E-state index contributed by atoms with van der Waals surface area (Å²) in [6, 6.07) is 37.1. The topological polar surface area (TPSA) is 6.48 Å². The molecular weight excluding hydrogens is 567 g/mol. The maximum absolute atomic E-state index is 10.4. The summed E-state index contributed by atoms with van der Waals surface area (Å²) < 4.78 is 20.8. The molecule has 230 valence electrons. The molecule has 0 aromatic heterocycles. The third kappa shape index (κ3) is 3.15. The summed E-state index contributed by atoms with van der Waals surface area (Å²) in [6.07, 6.45) is 8.22. The van der Waals surface area contributed by atoms with Gasteiger partial charge in [-0.05, 0) is 94.5 Å². The highest BCUT2D eigenvalue weighted by Gasteiger charge is 2.62. The van der Waals surface area contributed by atoms with Crippen molar-refractivity contribution >= 4 is 45.9 Å². The smallest absolute Gasteiger partial charge is 0.252 e. The highest BCUT2D eigenvalue weighted by Crippen LogP contribution is 2.64. The summed E-state index contributed by atoms with van der Waals surface area (Å²) in [4.78, 5) is 5.15. The van der Waals surface area contributed by atoms with Crippen LogP contribution in [0.4, 0.5) is 22.7 Å². The Morgan fingerprint density at radius 3 is 2.11 bits per heavy atom. The lowest BCUT2D eigenvalue weighted by Crippen LogP contribution is -2.65. The monoisotopic (exact) mass is 610 g/mol. The first kappa shape index (κ1) is 24.9. The summed E-state index contributed by atoms with van der Waals surface area (Å²) in [5.74, 6) is -1.02. The van der Waals surface area contributed by atoms with E-state index in [1.54, 1.807) is 0 Å². The minimum atomic E-state index is -1.07. The van der Waals surface area contributed by atoms with Gasteiger partial charge in [0.15, 0.2) is 0 Å². The zero-order chi connectivity index (χ0) is 32.9. The Bertz CT molecular complexity index is 2080. The minimum Gasteiger partial charge on any atom is -0.338 e. The number of hydrogen-bond donors (Lipinski definition) is 0. The fourth-order valence-electron chi connectivity index (χ4n) is 11.1. The van der Waals surface area contributed by atoms with E-state index < -0.39 is 11.9 Å². The first-order valence-corrected chi connectivity index (χ1v) is 18.0. The van der Waals surface area contributed by atoms with Gasteiger partial charge in [-0.3, -0.25) is 0 Å². The maximum atomic E-state index is 10.4. The van der Waals surface area contributed by atoms with Gasteiger partial charge in [0.25, 0.3) is 6.71 Å². The molecule has 47 heavy (non-hydrogen) atoms. The quantitative estimate of drug-likeness (QED) is 0.184. The molecule has 2 aliphatic carbocycles. The van der Waals surface area contributed by atoms with Gasteiger partial charge in [-0.15, -0.1) is 0 Å². The molecular formula is C44H41BN2. The first-order chi connectivity index (χ1) is 23.8. The molecule has 2 fully saturated rings. The van der Waals surface area contributed by atoms with Crippen LogP contribution in [0, 0.1) is 0 Å². The van der Waals surface area contributed by atoms with Gasteiger partial charge in [0.1, 0.15) is 0 Å². The number of nitrogens with zero attached hydrogens (tertiary/aromatic N) is 2. The van der Waals surface area contributed by atoms with Crippen molar-refractivity contribution in [1.82, 2.24) is 0 Å². The summed E-state index contributed by atoms with van der Waals surface area (Å²) in [7, 11) is 0. The lowest BCUT2D eigenvalue weighted by Gasteiger charge is -2.52. The van der Waals surface area contributed by atoms with Crippen LogP contribution in [0.15, 0.2) is 103 Å². The Morgan fingerprint density at radius 1 is 0.660 bits per heavy atom. The van der Waals surface area contributed by atoms with Crippen LogP contribution in [-0.2, 0) is 5.41 Å². The minimum absolute atomic E-state index is 0.00372. The Labute approximate surface area is 282 Å². The second-order valence-electron chi connectivity index (χ2n) is 15.3. The van der Waals surface area contributed by atoms with Crippen LogP contribution < -0.4 is 26.2 Å². The van der Waals surface area contributed by atoms with Crippen molar-refractivity contribution < 1.29 is 2.74 Å². The zero-order valence-electron chi connectivity index (χ0n) is 29.4. The second-order valence-corrected chi connectivity index (χ2v) is 15.3. The van der Waals surface area contributed by atoms with Crippen molar-refractivity contribution in [2.75, 3.05) is 9.80 Å². The van der Waals surface area contributed by atoms with Gasteiger partial charge < -0.3 is 9.80 Å². The Balaban J connectivity index is 1.27. The largest absolute Gasteiger partial charge is 0.338 e. The van der Waals surface area contributed by atoms with Crippen molar-refractivity contribution in [3.8, 4) is 22.3 Å². The van der Waals surface area contributed by atoms with Crippen LogP contribution in [0.5, 0.6) is 0 Å². The number of benzene rings is 5. The van der Waals surface area contributed by atoms with Crippen LogP contribution in [-0.4, -0.2) is 18.3 Å².